The fourth-order valence-electron chi connectivity index (χ4n) is 5.67. The Morgan fingerprint density at radius 2 is 1.81 bits per heavy atom. The number of hydrogen-bond donors (Lipinski definition) is 2. The Morgan fingerprint density at radius 3 is 2.50 bits per heavy atom. The molecule has 0 saturated carbocycles. The molecule has 0 aromatic heterocycles. The van der Waals surface area contributed by atoms with Gasteiger partial charge in [-0.2, -0.15) is 4.90 Å². The summed E-state index contributed by atoms with van der Waals surface area (Å²) >= 11 is 0. The van der Waals surface area contributed by atoms with Gasteiger partial charge in [0.05, 0.1) is 11.8 Å². The number of carbonyl (C=O) groups excluding carboxylic acids is 5. The fraction of sp³-hybridized carbons (Fsp3) is 0.292. The molecule has 1 aromatic rings. The lowest BCUT2D eigenvalue weighted by Gasteiger charge is -2.42. The molecule has 4 atom stereocenters. The summed E-state index contributed by atoms with van der Waals surface area (Å²) in [6, 6.07) is 5.45. The maximum Gasteiger partial charge on any atom is 0.328 e. The molecule has 0 spiro atoms. The van der Waals surface area contributed by atoms with Crippen LogP contribution in [-0.4, -0.2) is 39.4 Å². The highest BCUT2D eigenvalue weighted by Gasteiger charge is 2.57. The second-order valence-electron chi connectivity index (χ2n) is 8.64. The van der Waals surface area contributed by atoms with Gasteiger partial charge >= 0.3 is 6.03 Å². The van der Waals surface area contributed by atoms with Crippen molar-refractivity contribution in [3.05, 3.63) is 64.3 Å². The van der Waals surface area contributed by atoms with Gasteiger partial charge in [-0.3, -0.25) is 19.2 Å². The van der Waals surface area contributed by atoms with Crippen LogP contribution in [0.5, 0.6) is 5.75 Å². The van der Waals surface area contributed by atoms with E-state index in [9.17, 15) is 29.1 Å². The van der Waals surface area contributed by atoms with Crippen LogP contribution in [0.3, 0.4) is 0 Å². The monoisotopic (exact) mass is 432 g/mol. The third-order valence-electron chi connectivity index (χ3n) is 7.03. The number of benzene rings is 1. The molecule has 8 heteroatoms. The fourth-order valence-corrected chi connectivity index (χ4v) is 5.67. The number of carbonyl (C=O) groups is 5. The van der Waals surface area contributed by atoms with Gasteiger partial charge in [0, 0.05) is 28.2 Å². The van der Waals surface area contributed by atoms with Crippen LogP contribution in [0.15, 0.2) is 58.7 Å². The van der Waals surface area contributed by atoms with Crippen molar-refractivity contribution in [2.24, 2.45) is 23.5 Å². The van der Waals surface area contributed by atoms with Crippen LogP contribution < -0.4 is 5.73 Å². The molecule has 5 rings (SSSR count). The van der Waals surface area contributed by atoms with E-state index in [4.69, 9.17) is 5.73 Å². The highest BCUT2D eigenvalue weighted by molar-refractivity contribution is 6.24. The maximum absolute atomic E-state index is 13.2. The Morgan fingerprint density at radius 1 is 1.09 bits per heavy atom. The molecule has 4 unspecified atom stereocenters. The lowest BCUT2D eigenvalue weighted by Crippen LogP contribution is -2.42. The van der Waals surface area contributed by atoms with Crippen molar-refractivity contribution in [3.63, 3.8) is 0 Å². The number of hydrogen-bond acceptors (Lipinski definition) is 6. The third-order valence-corrected chi connectivity index (χ3v) is 7.03. The van der Waals surface area contributed by atoms with Gasteiger partial charge < -0.3 is 10.8 Å². The summed E-state index contributed by atoms with van der Waals surface area (Å²) in [6.45, 7) is 1.58. The van der Waals surface area contributed by atoms with Gasteiger partial charge in [0.2, 0.25) is 11.8 Å². The predicted octanol–water partition coefficient (Wildman–Crippen LogP) is 1.90. The predicted molar refractivity (Wildman–Crippen MR) is 111 cm³/mol. The summed E-state index contributed by atoms with van der Waals surface area (Å²) in [5, 5.41) is 10.6. The summed E-state index contributed by atoms with van der Waals surface area (Å²) < 4.78 is 0. The molecule has 32 heavy (non-hydrogen) atoms. The number of urea groups is 1. The molecule has 162 valence electrons. The number of ketones is 2. The van der Waals surface area contributed by atoms with Gasteiger partial charge in [-0.15, -0.1) is 0 Å². The second-order valence-corrected chi connectivity index (χ2v) is 8.64. The zero-order chi connectivity index (χ0) is 22.9. The van der Waals surface area contributed by atoms with Crippen molar-refractivity contribution in [2.45, 2.75) is 25.7 Å². The highest BCUT2D eigenvalue weighted by Crippen LogP contribution is 2.55. The number of para-hydroxylation sites is 1. The number of primary amides is 1. The summed E-state index contributed by atoms with van der Waals surface area (Å²) in [7, 11) is 0. The molecule has 4 amide bonds. The number of phenols is 1. The number of fused-ring (bicyclic) bond motifs is 3. The lowest BCUT2D eigenvalue weighted by atomic mass is 9.59. The van der Waals surface area contributed by atoms with E-state index in [2.05, 4.69) is 0 Å². The summed E-state index contributed by atoms with van der Waals surface area (Å²) in [6.07, 6.45) is 3.41. The van der Waals surface area contributed by atoms with E-state index in [0.29, 0.717) is 27.2 Å². The van der Waals surface area contributed by atoms with Crippen LogP contribution in [0.1, 0.15) is 31.2 Å². The molecule has 4 aliphatic rings. The average molecular weight is 432 g/mol. The topological polar surface area (TPSA) is 135 Å². The molecule has 1 aliphatic heterocycles. The van der Waals surface area contributed by atoms with Crippen LogP contribution in [0.4, 0.5) is 4.79 Å². The minimum atomic E-state index is -1.12. The zero-order valence-corrected chi connectivity index (χ0v) is 17.2. The van der Waals surface area contributed by atoms with Gasteiger partial charge in [0.1, 0.15) is 5.75 Å². The first-order chi connectivity index (χ1) is 15.2. The number of allylic oxidation sites excluding steroid dienone is 6. The Bertz CT molecular complexity index is 1240. The van der Waals surface area contributed by atoms with E-state index in [1.165, 1.54) is 12.1 Å². The zero-order valence-electron chi connectivity index (χ0n) is 17.2. The normalized spacial score (nSPS) is 29.3. The Labute approximate surface area is 183 Å². The summed E-state index contributed by atoms with van der Waals surface area (Å²) in [4.78, 5) is 64.1. The molecule has 3 aliphatic carbocycles. The van der Waals surface area contributed by atoms with E-state index in [1.54, 1.807) is 25.1 Å². The first-order valence-corrected chi connectivity index (χ1v) is 10.4. The molecule has 8 nitrogen and oxygen atoms in total. The van der Waals surface area contributed by atoms with Gasteiger partial charge in [-0.05, 0) is 37.8 Å². The van der Waals surface area contributed by atoms with Gasteiger partial charge in [0.25, 0.3) is 0 Å². The quantitative estimate of drug-likeness (QED) is 0.395. The summed E-state index contributed by atoms with van der Waals surface area (Å²) in [5.74, 6) is -4.84. The minimum absolute atomic E-state index is 0.0342. The number of amides is 4. The van der Waals surface area contributed by atoms with E-state index in [-0.39, 0.29) is 35.7 Å². The maximum atomic E-state index is 13.2. The summed E-state index contributed by atoms with van der Waals surface area (Å²) in [5.41, 5.74) is 7.34. The van der Waals surface area contributed by atoms with Crippen LogP contribution >= 0.6 is 0 Å². The smallest absolute Gasteiger partial charge is 0.328 e. The number of Topliss-reactive ketones (excluding diaryl/α,β-unsaturated/α-hetero) is 1. The van der Waals surface area contributed by atoms with Crippen molar-refractivity contribution in [3.8, 4) is 5.75 Å². The van der Waals surface area contributed by atoms with Crippen LogP contribution in [0.25, 0.3) is 0 Å². The number of phenolic OH excluding ortho intramolecular Hbond substituents is 1. The Kier molecular flexibility index (Phi) is 4.30. The minimum Gasteiger partial charge on any atom is -0.508 e. The first-order valence-electron chi connectivity index (χ1n) is 10.4. The molecule has 3 N–H and O–H groups in total. The van der Waals surface area contributed by atoms with E-state index in [0.717, 1.165) is 0 Å². The van der Waals surface area contributed by atoms with Crippen molar-refractivity contribution < 1.29 is 29.1 Å². The van der Waals surface area contributed by atoms with Crippen LogP contribution in [-0.2, 0) is 19.2 Å². The molecule has 1 saturated heterocycles. The molecule has 0 bridgehead atoms. The number of nitrogens with zero attached hydrogens (tertiary/aromatic N) is 1. The van der Waals surface area contributed by atoms with Crippen LogP contribution in [0.2, 0.25) is 0 Å². The molecular weight excluding hydrogens is 412 g/mol. The second kappa shape index (κ2) is 6.85. The number of aromatic hydroxyl groups is 1. The van der Waals surface area contributed by atoms with E-state index >= 15 is 0 Å². The molecule has 0 radical (unpaired) electrons. The molecule has 1 aromatic carbocycles. The highest BCUT2D eigenvalue weighted by atomic mass is 16.3. The number of likely N-dealkylation sites (tertiary alicyclic amines) is 1. The average Bonchev–Trinajstić information content (AvgIpc) is 3.01. The standard InChI is InChI=1S/C24H20N2O6/c1-10-8-17(28)15-9-14-11(6-7-13-19(14)23(31)26(22(13)30)24(25)32)18(20(15)21(10)29)12-4-2-3-5-16(12)27/h2-6,8,13-14,18-19,27H,7,9H2,1H3,(H2,25,32). The lowest BCUT2D eigenvalue weighted by molar-refractivity contribution is -0.136. The van der Waals surface area contributed by atoms with E-state index in [1.807, 2.05) is 6.08 Å². The van der Waals surface area contributed by atoms with Crippen molar-refractivity contribution in [1.29, 1.82) is 0 Å². The van der Waals surface area contributed by atoms with Gasteiger partial charge in [-0.25, -0.2) is 4.79 Å². The van der Waals surface area contributed by atoms with Crippen LogP contribution in [0, 0.1) is 17.8 Å². The molecular formula is C24H20N2O6. The molecule has 1 heterocycles. The van der Waals surface area contributed by atoms with Gasteiger partial charge in [0.15, 0.2) is 11.6 Å². The number of nitrogens with two attached hydrogens (primary N) is 1. The first kappa shape index (κ1) is 20.1. The van der Waals surface area contributed by atoms with Crippen molar-refractivity contribution in [2.75, 3.05) is 0 Å². The number of rotatable bonds is 1. The van der Waals surface area contributed by atoms with E-state index < -0.39 is 41.5 Å². The Balaban J connectivity index is 1.71. The van der Waals surface area contributed by atoms with Crippen molar-refractivity contribution >= 4 is 29.4 Å². The SMILES string of the molecule is CC1=CC(=O)C2=C(C1=O)C(c1ccccc1O)C1=CCC3C(=O)N(C(N)=O)C(=O)C3C1C2. The number of imide groups is 3. The van der Waals surface area contributed by atoms with Crippen molar-refractivity contribution in [1.82, 2.24) is 4.90 Å². The molecule has 1 fully saturated rings. The Hall–Kier alpha value is -3.81. The third kappa shape index (κ3) is 2.58. The largest absolute Gasteiger partial charge is 0.508 e. The van der Waals surface area contributed by atoms with Gasteiger partial charge in [-0.1, -0.05) is 29.8 Å².